The summed E-state index contributed by atoms with van der Waals surface area (Å²) in [7, 11) is 0. The van der Waals surface area contributed by atoms with Crippen LogP contribution in [0.25, 0.3) is 0 Å². The standard InChI is InChI=1S/C14H22N2O2/c1-5-18-14(17)13(16-8-10(2)3)12-9-15-7-6-11(12)4/h6-7,9-10,13,16H,5,8H2,1-4H3. The van der Waals surface area contributed by atoms with Crippen molar-refractivity contribution in [2.24, 2.45) is 5.92 Å². The zero-order valence-corrected chi connectivity index (χ0v) is 11.6. The maximum atomic E-state index is 12.0. The van der Waals surface area contributed by atoms with Crippen LogP contribution in [0.3, 0.4) is 0 Å². The minimum absolute atomic E-state index is 0.241. The number of hydrogen-bond acceptors (Lipinski definition) is 4. The molecule has 1 heterocycles. The Kier molecular flexibility index (Phi) is 5.78. The number of carbonyl (C=O) groups is 1. The molecule has 0 aliphatic heterocycles. The fraction of sp³-hybridized carbons (Fsp3) is 0.571. The second-order valence-electron chi connectivity index (χ2n) is 4.72. The Hall–Kier alpha value is -1.42. The molecule has 0 bridgehead atoms. The minimum Gasteiger partial charge on any atom is -0.465 e. The lowest BCUT2D eigenvalue weighted by molar-refractivity contribution is -0.145. The maximum absolute atomic E-state index is 12.0. The molecule has 1 unspecified atom stereocenters. The van der Waals surface area contributed by atoms with Gasteiger partial charge in [0.2, 0.25) is 0 Å². The van der Waals surface area contributed by atoms with Gasteiger partial charge in [0.15, 0.2) is 0 Å². The normalized spacial score (nSPS) is 12.5. The van der Waals surface area contributed by atoms with E-state index in [4.69, 9.17) is 4.74 Å². The van der Waals surface area contributed by atoms with Gasteiger partial charge in [-0.15, -0.1) is 0 Å². The number of esters is 1. The summed E-state index contributed by atoms with van der Waals surface area (Å²) < 4.78 is 5.12. The number of aromatic nitrogens is 1. The Balaban J connectivity index is 2.89. The Morgan fingerprint density at radius 3 is 2.78 bits per heavy atom. The van der Waals surface area contributed by atoms with Crippen molar-refractivity contribution in [2.75, 3.05) is 13.2 Å². The van der Waals surface area contributed by atoms with Crippen molar-refractivity contribution < 1.29 is 9.53 Å². The first-order valence-corrected chi connectivity index (χ1v) is 6.36. The van der Waals surface area contributed by atoms with Gasteiger partial charge in [0, 0.05) is 18.0 Å². The zero-order valence-electron chi connectivity index (χ0n) is 11.6. The maximum Gasteiger partial charge on any atom is 0.327 e. The van der Waals surface area contributed by atoms with Crippen molar-refractivity contribution in [2.45, 2.75) is 33.7 Å². The number of ether oxygens (including phenoxy) is 1. The molecular weight excluding hydrogens is 228 g/mol. The highest BCUT2D eigenvalue weighted by atomic mass is 16.5. The number of carbonyl (C=O) groups excluding carboxylic acids is 1. The molecule has 1 aromatic heterocycles. The van der Waals surface area contributed by atoms with Crippen LogP contribution in [0, 0.1) is 12.8 Å². The van der Waals surface area contributed by atoms with E-state index < -0.39 is 6.04 Å². The summed E-state index contributed by atoms with van der Waals surface area (Å²) in [5, 5.41) is 3.25. The molecule has 0 aliphatic carbocycles. The number of aryl methyl sites for hydroxylation is 1. The SMILES string of the molecule is CCOC(=O)C(NCC(C)C)c1cnccc1C. The third kappa shape index (κ3) is 4.11. The molecular formula is C14H22N2O2. The lowest BCUT2D eigenvalue weighted by Gasteiger charge is -2.20. The van der Waals surface area contributed by atoms with Crippen LogP contribution in [0.1, 0.15) is 37.9 Å². The summed E-state index contributed by atoms with van der Waals surface area (Å²) in [5.41, 5.74) is 1.93. The van der Waals surface area contributed by atoms with Crippen LogP contribution in [-0.4, -0.2) is 24.1 Å². The fourth-order valence-electron chi connectivity index (χ4n) is 1.68. The van der Waals surface area contributed by atoms with Crippen LogP contribution in [0.2, 0.25) is 0 Å². The molecule has 18 heavy (non-hydrogen) atoms. The number of hydrogen-bond donors (Lipinski definition) is 1. The second-order valence-corrected chi connectivity index (χ2v) is 4.72. The van der Waals surface area contributed by atoms with Crippen molar-refractivity contribution in [3.8, 4) is 0 Å². The van der Waals surface area contributed by atoms with Crippen molar-refractivity contribution in [1.29, 1.82) is 0 Å². The first-order valence-electron chi connectivity index (χ1n) is 6.36. The molecule has 0 spiro atoms. The quantitative estimate of drug-likeness (QED) is 0.787. The van der Waals surface area contributed by atoms with E-state index in [-0.39, 0.29) is 5.97 Å². The predicted octanol–water partition coefficient (Wildman–Crippen LogP) is 2.24. The highest BCUT2D eigenvalue weighted by Gasteiger charge is 2.23. The van der Waals surface area contributed by atoms with Gasteiger partial charge in [-0.2, -0.15) is 0 Å². The first kappa shape index (κ1) is 14.6. The molecule has 1 rings (SSSR count). The molecule has 1 atom stereocenters. The Bertz CT molecular complexity index is 391. The van der Waals surface area contributed by atoms with E-state index >= 15 is 0 Å². The second kappa shape index (κ2) is 7.11. The van der Waals surface area contributed by atoms with Gasteiger partial charge in [-0.1, -0.05) is 13.8 Å². The van der Waals surface area contributed by atoms with Crippen LogP contribution in [-0.2, 0) is 9.53 Å². The van der Waals surface area contributed by atoms with Gasteiger partial charge in [-0.05, 0) is 37.9 Å². The molecule has 0 fully saturated rings. The van der Waals surface area contributed by atoms with Crippen LogP contribution in [0.15, 0.2) is 18.5 Å². The molecule has 0 amide bonds. The lowest BCUT2D eigenvalue weighted by atomic mass is 10.0. The fourth-order valence-corrected chi connectivity index (χ4v) is 1.68. The van der Waals surface area contributed by atoms with E-state index in [9.17, 15) is 4.79 Å². The van der Waals surface area contributed by atoms with Gasteiger partial charge >= 0.3 is 5.97 Å². The van der Waals surface area contributed by atoms with Crippen molar-refractivity contribution >= 4 is 5.97 Å². The van der Waals surface area contributed by atoms with Crippen molar-refractivity contribution in [3.05, 3.63) is 29.6 Å². The number of nitrogens with zero attached hydrogens (tertiary/aromatic N) is 1. The van der Waals surface area contributed by atoms with Gasteiger partial charge in [0.1, 0.15) is 6.04 Å². The van der Waals surface area contributed by atoms with E-state index in [1.54, 1.807) is 12.4 Å². The van der Waals surface area contributed by atoms with Gasteiger partial charge in [-0.3, -0.25) is 4.98 Å². The molecule has 0 saturated carbocycles. The number of nitrogens with one attached hydrogen (secondary N) is 1. The van der Waals surface area contributed by atoms with Gasteiger partial charge in [0.05, 0.1) is 6.61 Å². The highest BCUT2D eigenvalue weighted by Crippen LogP contribution is 2.18. The molecule has 4 heteroatoms. The van der Waals surface area contributed by atoms with E-state index in [0.29, 0.717) is 12.5 Å². The average molecular weight is 250 g/mol. The molecule has 0 saturated heterocycles. The molecule has 1 N–H and O–H groups in total. The summed E-state index contributed by atoms with van der Waals surface area (Å²) in [5.74, 6) is 0.230. The van der Waals surface area contributed by atoms with E-state index in [0.717, 1.165) is 17.7 Å². The summed E-state index contributed by atoms with van der Waals surface area (Å²) in [6, 6.07) is 1.47. The lowest BCUT2D eigenvalue weighted by Crippen LogP contribution is -2.33. The Morgan fingerprint density at radius 2 is 2.22 bits per heavy atom. The molecule has 0 radical (unpaired) electrons. The van der Waals surface area contributed by atoms with Crippen LogP contribution < -0.4 is 5.32 Å². The number of rotatable bonds is 6. The predicted molar refractivity (Wildman–Crippen MR) is 71.2 cm³/mol. The summed E-state index contributed by atoms with van der Waals surface area (Å²) in [6.45, 7) is 9.14. The van der Waals surface area contributed by atoms with E-state index in [1.165, 1.54) is 0 Å². The number of pyridine rings is 1. The largest absolute Gasteiger partial charge is 0.465 e. The molecule has 4 nitrogen and oxygen atoms in total. The van der Waals surface area contributed by atoms with Gasteiger partial charge in [-0.25, -0.2) is 4.79 Å². The minimum atomic E-state index is -0.430. The van der Waals surface area contributed by atoms with Crippen LogP contribution in [0.5, 0.6) is 0 Å². The Labute approximate surface area is 109 Å². The van der Waals surface area contributed by atoms with Crippen molar-refractivity contribution in [3.63, 3.8) is 0 Å². The Morgan fingerprint density at radius 1 is 1.50 bits per heavy atom. The topological polar surface area (TPSA) is 51.2 Å². The van der Waals surface area contributed by atoms with Crippen LogP contribution in [0.4, 0.5) is 0 Å². The summed E-state index contributed by atoms with van der Waals surface area (Å²) in [4.78, 5) is 16.1. The van der Waals surface area contributed by atoms with Crippen molar-refractivity contribution in [1.82, 2.24) is 10.3 Å². The third-order valence-electron chi connectivity index (χ3n) is 2.64. The molecule has 0 aromatic carbocycles. The monoisotopic (exact) mass is 250 g/mol. The van der Waals surface area contributed by atoms with E-state index in [1.807, 2.05) is 19.9 Å². The molecule has 100 valence electrons. The molecule has 1 aromatic rings. The van der Waals surface area contributed by atoms with E-state index in [2.05, 4.69) is 24.1 Å². The average Bonchev–Trinajstić information content (AvgIpc) is 2.31. The first-order chi connectivity index (χ1) is 8.56. The summed E-state index contributed by atoms with van der Waals surface area (Å²) in [6.07, 6.45) is 3.45. The summed E-state index contributed by atoms with van der Waals surface area (Å²) >= 11 is 0. The molecule has 0 aliphatic rings. The van der Waals surface area contributed by atoms with Gasteiger partial charge < -0.3 is 10.1 Å². The highest BCUT2D eigenvalue weighted by molar-refractivity contribution is 5.78. The van der Waals surface area contributed by atoms with Gasteiger partial charge in [0.25, 0.3) is 0 Å². The third-order valence-corrected chi connectivity index (χ3v) is 2.64. The smallest absolute Gasteiger partial charge is 0.327 e. The zero-order chi connectivity index (χ0) is 13.5. The van der Waals surface area contributed by atoms with Crippen LogP contribution >= 0.6 is 0 Å².